The van der Waals surface area contributed by atoms with E-state index in [0.717, 1.165) is 99.5 Å². The Kier molecular flexibility index (Phi) is 7.80. The van der Waals surface area contributed by atoms with Crippen LogP contribution >= 0.6 is 0 Å². The summed E-state index contributed by atoms with van der Waals surface area (Å²) in [5.41, 5.74) is 12.8. The molecule has 6 nitrogen and oxygen atoms in total. The highest BCUT2D eigenvalue weighted by Gasteiger charge is 2.26. The number of furan rings is 2. The van der Waals surface area contributed by atoms with E-state index in [0.29, 0.717) is 17.5 Å². The third-order valence-electron chi connectivity index (χ3n) is 12.3. The smallest absolute Gasteiger partial charge is 0.165 e. The molecule has 0 saturated heterocycles. The van der Waals surface area contributed by atoms with Crippen LogP contribution in [0.5, 0.6) is 0 Å². The van der Waals surface area contributed by atoms with Gasteiger partial charge >= 0.3 is 0 Å². The SMILES string of the molecule is c1ccc(-c2nc(-c3ccccc3)nc(-c3c(-c4cccc5c4oc4ccccc45)cccc3-c3cc(-n4c5ccccc5c5ccccc54)cc4c3oc3ccccc34)n2)cc1. The number of hydrogen-bond donors (Lipinski definition) is 0. The molecule has 0 aliphatic rings. The standard InChI is InChI=1S/C57H34N4O2/c1-3-17-35(18-4-1)55-58-56(36-19-5-2-6-20-36)60-57(59-55)52-42(45-28-16-27-44-40-23-9-13-31-50(40)62-53(44)45)25-15-26-43(52)47-34-37(33-46-41-24-10-14-32-51(41)63-54(46)47)61-48-29-11-7-21-38(48)39-22-8-12-30-49(39)61/h1-34H. The molecule has 4 aromatic heterocycles. The Hall–Kier alpha value is -8.61. The number of benzene rings is 9. The molecule has 0 unspecified atom stereocenters. The van der Waals surface area contributed by atoms with Crippen molar-refractivity contribution in [3.63, 3.8) is 0 Å². The summed E-state index contributed by atoms with van der Waals surface area (Å²) in [6.07, 6.45) is 0. The molecule has 0 N–H and O–H groups in total. The normalized spacial score (nSPS) is 11.8. The molecule has 0 atom stereocenters. The van der Waals surface area contributed by atoms with E-state index in [2.05, 4.69) is 126 Å². The van der Waals surface area contributed by atoms with Crippen LogP contribution in [-0.4, -0.2) is 19.5 Å². The van der Waals surface area contributed by atoms with Gasteiger partial charge in [0.1, 0.15) is 22.3 Å². The minimum Gasteiger partial charge on any atom is -0.455 e. The Morgan fingerprint density at radius 1 is 0.317 bits per heavy atom. The summed E-state index contributed by atoms with van der Waals surface area (Å²) in [7, 11) is 0. The maximum Gasteiger partial charge on any atom is 0.165 e. The Labute approximate surface area is 361 Å². The molecule has 9 aromatic carbocycles. The summed E-state index contributed by atoms with van der Waals surface area (Å²) < 4.78 is 16.1. The van der Waals surface area contributed by atoms with E-state index in [1.807, 2.05) is 84.9 Å². The first kappa shape index (κ1) is 35.2. The summed E-state index contributed by atoms with van der Waals surface area (Å²) in [4.78, 5) is 15.9. The van der Waals surface area contributed by atoms with Crippen molar-refractivity contribution in [2.45, 2.75) is 0 Å². The topological polar surface area (TPSA) is 69.9 Å². The van der Waals surface area contributed by atoms with Gasteiger partial charge in [0.05, 0.1) is 11.0 Å². The first-order valence-electron chi connectivity index (χ1n) is 21.1. The molecular formula is C57H34N4O2. The summed E-state index contributed by atoms with van der Waals surface area (Å²) in [5, 5.41) is 6.55. The van der Waals surface area contributed by atoms with Gasteiger partial charge in [0.15, 0.2) is 17.5 Å². The lowest BCUT2D eigenvalue weighted by Gasteiger charge is -2.18. The van der Waals surface area contributed by atoms with Crippen molar-refractivity contribution in [3.8, 4) is 62.1 Å². The fourth-order valence-corrected chi connectivity index (χ4v) is 9.46. The molecule has 0 aliphatic heterocycles. The lowest BCUT2D eigenvalue weighted by Crippen LogP contribution is -2.03. The third-order valence-corrected chi connectivity index (χ3v) is 12.3. The Bertz CT molecular complexity index is 3810. The largest absolute Gasteiger partial charge is 0.455 e. The van der Waals surface area contributed by atoms with Crippen molar-refractivity contribution in [2.75, 3.05) is 0 Å². The molecule has 6 heteroatoms. The van der Waals surface area contributed by atoms with E-state index in [9.17, 15) is 0 Å². The fraction of sp³-hybridized carbons (Fsp3) is 0. The number of para-hydroxylation sites is 5. The second-order valence-corrected chi connectivity index (χ2v) is 15.9. The maximum atomic E-state index is 6.94. The van der Waals surface area contributed by atoms with Crippen molar-refractivity contribution in [1.29, 1.82) is 0 Å². The van der Waals surface area contributed by atoms with Gasteiger partial charge in [0.2, 0.25) is 0 Å². The second kappa shape index (κ2) is 14.0. The molecule has 63 heavy (non-hydrogen) atoms. The molecule has 13 aromatic rings. The van der Waals surface area contributed by atoms with Crippen molar-refractivity contribution >= 4 is 65.7 Å². The van der Waals surface area contributed by atoms with Gasteiger partial charge in [-0.25, -0.2) is 15.0 Å². The van der Waals surface area contributed by atoms with Gasteiger partial charge in [-0.3, -0.25) is 0 Å². The number of hydrogen-bond acceptors (Lipinski definition) is 5. The third kappa shape index (κ3) is 5.55. The van der Waals surface area contributed by atoms with Gasteiger partial charge in [-0.05, 0) is 47.5 Å². The van der Waals surface area contributed by atoms with Crippen molar-refractivity contribution in [2.24, 2.45) is 0 Å². The van der Waals surface area contributed by atoms with E-state index in [1.54, 1.807) is 0 Å². The zero-order valence-electron chi connectivity index (χ0n) is 33.7. The van der Waals surface area contributed by atoms with Crippen molar-refractivity contribution < 1.29 is 8.83 Å². The van der Waals surface area contributed by atoms with Crippen LogP contribution in [0.25, 0.3) is 128 Å². The van der Waals surface area contributed by atoms with Crippen LogP contribution in [0.3, 0.4) is 0 Å². The minimum absolute atomic E-state index is 0.535. The summed E-state index contributed by atoms with van der Waals surface area (Å²) >= 11 is 0. The van der Waals surface area contributed by atoms with E-state index >= 15 is 0 Å². The second-order valence-electron chi connectivity index (χ2n) is 15.9. The van der Waals surface area contributed by atoms with Gasteiger partial charge in [0.25, 0.3) is 0 Å². The molecular weight excluding hydrogens is 773 g/mol. The molecule has 0 spiro atoms. The number of nitrogens with zero attached hydrogens (tertiary/aromatic N) is 4. The van der Waals surface area contributed by atoms with Gasteiger partial charge in [-0.1, -0.05) is 170 Å². The molecule has 0 aliphatic carbocycles. The van der Waals surface area contributed by atoms with Crippen LogP contribution in [0.2, 0.25) is 0 Å². The Morgan fingerprint density at radius 2 is 0.762 bits per heavy atom. The quantitative estimate of drug-likeness (QED) is 0.167. The van der Waals surface area contributed by atoms with Crippen molar-refractivity contribution in [1.82, 2.24) is 19.5 Å². The summed E-state index contributed by atoms with van der Waals surface area (Å²) in [6.45, 7) is 0. The molecule has 0 saturated carbocycles. The predicted octanol–water partition coefficient (Wildman–Crippen LogP) is 15.1. The Morgan fingerprint density at radius 3 is 1.38 bits per heavy atom. The van der Waals surface area contributed by atoms with Gasteiger partial charge in [-0.15, -0.1) is 0 Å². The number of rotatable bonds is 6. The molecule has 0 fully saturated rings. The van der Waals surface area contributed by atoms with Gasteiger partial charge in [0, 0.05) is 65.8 Å². The highest BCUT2D eigenvalue weighted by molar-refractivity contribution is 6.15. The maximum absolute atomic E-state index is 6.94. The molecule has 0 amide bonds. The monoisotopic (exact) mass is 806 g/mol. The highest BCUT2D eigenvalue weighted by atomic mass is 16.3. The van der Waals surface area contributed by atoms with Crippen LogP contribution in [-0.2, 0) is 0 Å². The number of aromatic nitrogens is 4. The lowest BCUT2D eigenvalue weighted by molar-refractivity contribution is 0.670. The first-order valence-corrected chi connectivity index (χ1v) is 21.1. The van der Waals surface area contributed by atoms with Crippen LogP contribution in [0.15, 0.2) is 215 Å². The summed E-state index contributed by atoms with van der Waals surface area (Å²) in [5.74, 6) is 1.69. The molecule has 13 rings (SSSR count). The van der Waals surface area contributed by atoms with Crippen LogP contribution < -0.4 is 0 Å². The van der Waals surface area contributed by atoms with E-state index in [4.69, 9.17) is 23.8 Å². The van der Waals surface area contributed by atoms with E-state index < -0.39 is 0 Å². The predicted molar refractivity (Wildman–Crippen MR) is 256 cm³/mol. The number of fused-ring (bicyclic) bond motifs is 9. The van der Waals surface area contributed by atoms with Gasteiger partial charge in [-0.2, -0.15) is 0 Å². The first-order chi connectivity index (χ1) is 31.2. The van der Waals surface area contributed by atoms with E-state index in [-0.39, 0.29) is 0 Å². The minimum atomic E-state index is 0.535. The van der Waals surface area contributed by atoms with Gasteiger partial charge < -0.3 is 13.4 Å². The van der Waals surface area contributed by atoms with Crippen LogP contribution in [0, 0.1) is 0 Å². The van der Waals surface area contributed by atoms with Crippen LogP contribution in [0.1, 0.15) is 0 Å². The molecule has 4 heterocycles. The zero-order chi connectivity index (χ0) is 41.4. The fourth-order valence-electron chi connectivity index (χ4n) is 9.46. The summed E-state index contributed by atoms with van der Waals surface area (Å²) in [6, 6.07) is 71.4. The molecule has 294 valence electrons. The zero-order valence-corrected chi connectivity index (χ0v) is 33.7. The van der Waals surface area contributed by atoms with Crippen LogP contribution in [0.4, 0.5) is 0 Å². The average Bonchev–Trinajstić information content (AvgIpc) is 4.04. The lowest BCUT2D eigenvalue weighted by atomic mass is 9.89. The average molecular weight is 807 g/mol. The van der Waals surface area contributed by atoms with Crippen molar-refractivity contribution in [3.05, 3.63) is 206 Å². The molecule has 0 bridgehead atoms. The highest BCUT2D eigenvalue weighted by Crippen LogP contribution is 2.47. The molecule has 0 radical (unpaired) electrons. The van der Waals surface area contributed by atoms with E-state index in [1.165, 1.54) is 10.8 Å². The Balaban J connectivity index is 1.18.